The number of carbonyl (C=O) groups excluding carboxylic acids is 2. The molecule has 0 bridgehead atoms. The third kappa shape index (κ3) is 5.68. The second-order valence-corrected chi connectivity index (χ2v) is 7.48. The van der Waals surface area contributed by atoms with Crippen molar-refractivity contribution in [1.82, 2.24) is 9.80 Å². The predicted octanol–water partition coefficient (Wildman–Crippen LogP) is 2.30. The van der Waals surface area contributed by atoms with Crippen LogP contribution in [-0.2, 0) is 14.4 Å². The summed E-state index contributed by atoms with van der Waals surface area (Å²) in [6.45, 7) is 5.25. The molecule has 2 rings (SSSR count). The van der Waals surface area contributed by atoms with E-state index in [4.69, 9.17) is 9.84 Å². The number of hydrogen-bond acceptors (Lipinski definition) is 4. The highest BCUT2D eigenvalue weighted by atomic mass is 19.1. The van der Waals surface area contributed by atoms with Crippen LogP contribution in [0.4, 0.5) is 4.39 Å². The molecule has 1 heterocycles. The lowest BCUT2D eigenvalue weighted by molar-refractivity contribution is -0.146. The number of ether oxygens (including phenoxy) is 1. The minimum absolute atomic E-state index is 0.204. The maximum atomic E-state index is 13.1. The number of aliphatic carboxylic acids is 1. The van der Waals surface area contributed by atoms with Crippen molar-refractivity contribution in [1.29, 1.82) is 0 Å². The molecule has 7 nitrogen and oxygen atoms in total. The van der Waals surface area contributed by atoms with E-state index in [0.29, 0.717) is 38.1 Å². The van der Waals surface area contributed by atoms with Gasteiger partial charge in [0.1, 0.15) is 18.1 Å². The first-order chi connectivity index (χ1) is 13.1. The molecule has 0 aliphatic carbocycles. The highest BCUT2D eigenvalue weighted by molar-refractivity contribution is 5.85. The molecule has 1 saturated heterocycles. The summed E-state index contributed by atoms with van der Waals surface area (Å²) in [6, 6.07) is 5.27. The number of rotatable bonds is 6. The molecular formula is C20H27FN2O5. The fourth-order valence-electron chi connectivity index (χ4n) is 3.46. The van der Waals surface area contributed by atoms with Gasteiger partial charge in [-0.1, -0.05) is 0 Å². The molecular weight excluding hydrogens is 367 g/mol. The van der Waals surface area contributed by atoms with Crippen LogP contribution < -0.4 is 4.74 Å². The average Bonchev–Trinajstić information content (AvgIpc) is 2.86. The Balaban J connectivity index is 2.03. The van der Waals surface area contributed by atoms with Crippen molar-refractivity contribution in [2.45, 2.75) is 51.7 Å². The zero-order valence-corrected chi connectivity index (χ0v) is 16.5. The van der Waals surface area contributed by atoms with E-state index in [9.17, 15) is 18.8 Å². The fraction of sp³-hybridized carbons (Fsp3) is 0.550. The smallest absolute Gasteiger partial charge is 0.323 e. The van der Waals surface area contributed by atoms with Gasteiger partial charge in [-0.15, -0.1) is 0 Å². The van der Waals surface area contributed by atoms with E-state index in [1.165, 1.54) is 36.1 Å². The third-order valence-corrected chi connectivity index (χ3v) is 4.84. The van der Waals surface area contributed by atoms with Gasteiger partial charge in [0.05, 0.1) is 0 Å². The number of nitrogens with zero attached hydrogens (tertiary/aromatic N) is 2. The zero-order valence-electron chi connectivity index (χ0n) is 16.5. The Morgan fingerprint density at radius 1 is 1.21 bits per heavy atom. The van der Waals surface area contributed by atoms with Crippen LogP contribution in [0.3, 0.4) is 0 Å². The van der Waals surface area contributed by atoms with Crippen LogP contribution in [-0.4, -0.2) is 64.0 Å². The Kier molecular flexibility index (Phi) is 6.99. The van der Waals surface area contributed by atoms with Crippen molar-refractivity contribution >= 4 is 17.8 Å². The normalized spacial score (nSPS) is 17.6. The van der Waals surface area contributed by atoms with Gasteiger partial charge in [-0.2, -0.15) is 0 Å². The monoisotopic (exact) mass is 394 g/mol. The number of likely N-dealkylation sites (tertiary alicyclic amines) is 1. The predicted molar refractivity (Wildman–Crippen MR) is 100 cm³/mol. The quantitative estimate of drug-likeness (QED) is 0.800. The second kappa shape index (κ2) is 9.03. The average molecular weight is 394 g/mol. The minimum atomic E-state index is -1.14. The Bertz CT molecular complexity index is 720. The molecule has 1 N–H and O–H groups in total. The zero-order chi connectivity index (χ0) is 20.9. The number of halogens is 1. The first kappa shape index (κ1) is 21.7. The first-order valence-electron chi connectivity index (χ1n) is 9.33. The molecule has 1 aromatic carbocycles. The molecule has 1 unspecified atom stereocenters. The minimum Gasteiger partial charge on any atom is -0.480 e. The molecule has 1 aliphatic rings. The van der Waals surface area contributed by atoms with Crippen molar-refractivity contribution in [3.05, 3.63) is 30.1 Å². The van der Waals surface area contributed by atoms with Gasteiger partial charge in [-0.05, 0) is 57.4 Å². The van der Waals surface area contributed by atoms with Crippen LogP contribution in [0.1, 0.15) is 40.0 Å². The molecule has 1 fully saturated rings. The van der Waals surface area contributed by atoms with Crippen LogP contribution >= 0.6 is 0 Å². The standard InChI is InChI=1S/C20H27FN2O5/c1-14(24)23(13-18(25)26)16-5-4-11-22(12-10-16)19(27)20(2,3)28-17-8-6-15(21)7-9-17/h6-9,16H,4-5,10-13H2,1-3H3,(H,25,26). The molecule has 0 radical (unpaired) electrons. The molecule has 2 amide bonds. The molecule has 28 heavy (non-hydrogen) atoms. The summed E-state index contributed by atoms with van der Waals surface area (Å²) in [6.07, 6.45) is 1.80. The van der Waals surface area contributed by atoms with E-state index in [1.807, 2.05) is 0 Å². The van der Waals surface area contributed by atoms with Crippen molar-refractivity contribution in [3.63, 3.8) is 0 Å². The van der Waals surface area contributed by atoms with E-state index in [0.717, 1.165) is 0 Å². The number of carbonyl (C=O) groups is 3. The van der Waals surface area contributed by atoms with Crippen LogP contribution in [0.25, 0.3) is 0 Å². The maximum absolute atomic E-state index is 13.1. The maximum Gasteiger partial charge on any atom is 0.323 e. The first-order valence-corrected chi connectivity index (χ1v) is 9.33. The second-order valence-electron chi connectivity index (χ2n) is 7.48. The van der Waals surface area contributed by atoms with Crippen molar-refractivity contribution < 1.29 is 28.6 Å². The Morgan fingerprint density at radius 2 is 1.86 bits per heavy atom. The van der Waals surface area contributed by atoms with E-state index >= 15 is 0 Å². The summed E-state index contributed by atoms with van der Waals surface area (Å²) in [5.41, 5.74) is -1.14. The van der Waals surface area contributed by atoms with Crippen LogP contribution in [0.2, 0.25) is 0 Å². The Labute approximate surface area is 164 Å². The van der Waals surface area contributed by atoms with Crippen molar-refractivity contribution in [2.75, 3.05) is 19.6 Å². The lowest BCUT2D eigenvalue weighted by Gasteiger charge is -2.32. The van der Waals surface area contributed by atoms with E-state index < -0.39 is 11.6 Å². The van der Waals surface area contributed by atoms with Gasteiger partial charge in [0, 0.05) is 26.1 Å². The molecule has 0 spiro atoms. The number of amides is 2. The number of hydrogen-bond donors (Lipinski definition) is 1. The molecule has 0 aromatic heterocycles. The van der Waals surface area contributed by atoms with Crippen molar-refractivity contribution in [2.24, 2.45) is 0 Å². The van der Waals surface area contributed by atoms with Gasteiger partial charge in [0.15, 0.2) is 5.60 Å². The van der Waals surface area contributed by atoms with E-state index in [-0.39, 0.29) is 30.2 Å². The van der Waals surface area contributed by atoms with Gasteiger partial charge >= 0.3 is 5.97 Å². The summed E-state index contributed by atoms with van der Waals surface area (Å²) >= 11 is 0. The lowest BCUT2D eigenvalue weighted by Crippen LogP contribution is -2.49. The Morgan fingerprint density at radius 3 is 2.43 bits per heavy atom. The van der Waals surface area contributed by atoms with Gasteiger partial charge in [-0.25, -0.2) is 4.39 Å². The Hall–Kier alpha value is -2.64. The number of benzene rings is 1. The van der Waals surface area contributed by atoms with Crippen LogP contribution in [0.15, 0.2) is 24.3 Å². The summed E-state index contributed by atoms with van der Waals surface area (Å²) in [5, 5.41) is 9.04. The summed E-state index contributed by atoms with van der Waals surface area (Å²) in [4.78, 5) is 38.9. The van der Waals surface area contributed by atoms with E-state index in [2.05, 4.69) is 0 Å². The molecule has 154 valence electrons. The summed E-state index contributed by atoms with van der Waals surface area (Å²) in [7, 11) is 0. The van der Waals surface area contributed by atoms with Crippen molar-refractivity contribution in [3.8, 4) is 5.75 Å². The lowest BCUT2D eigenvalue weighted by atomic mass is 10.1. The molecule has 1 aromatic rings. The van der Waals surface area contributed by atoms with Gasteiger partial charge in [-0.3, -0.25) is 14.4 Å². The van der Waals surface area contributed by atoms with Gasteiger partial charge in [0.25, 0.3) is 5.91 Å². The van der Waals surface area contributed by atoms with E-state index in [1.54, 1.807) is 18.7 Å². The van der Waals surface area contributed by atoms with Crippen LogP contribution in [0.5, 0.6) is 5.75 Å². The van der Waals surface area contributed by atoms with Gasteiger partial charge in [0.2, 0.25) is 5.91 Å². The largest absolute Gasteiger partial charge is 0.480 e. The highest BCUT2D eigenvalue weighted by Gasteiger charge is 2.36. The topological polar surface area (TPSA) is 87.2 Å². The SMILES string of the molecule is CC(=O)N(CC(=O)O)C1CCCN(C(=O)C(C)(C)Oc2ccc(F)cc2)CC1. The van der Waals surface area contributed by atoms with Crippen LogP contribution in [0, 0.1) is 5.82 Å². The number of carboxylic acids is 1. The number of carboxylic acid groups (broad SMARTS) is 1. The summed E-state index contributed by atoms with van der Waals surface area (Å²) < 4.78 is 18.8. The van der Waals surface area contributed by atoms with Gasteiger partial charge < -0.3 is 19.6 Å². The fourth-order valence-corrected chi connectivity index (χ4v) is 3.46. The highest BCUT2D eigenvalue weighted by Crippen LogP contribution is 2.24. The molecule has 1 aliphatic heterocycles. The summed E-state index contributed by atoms with van der Waals surface area (Å²) in [5.74, 6) is -1.53. The molecule has 0 saturated carbocycles. The third-order valence-electron chi connectivity index (χ3n) is 4.84. The molecule has 1 atom stereocenters. The molecule has 8 heteroatoms.